The molecule has 120 valence electrons. The lowest BCUT2D eigenvalue weighted by molar-refractivity contribution is -0.0989. The molecular formula is C14H21F2NO4. The SMILES string of the molecule is CCOc1cc(CNCC(OC)OC)ccc1OC(F)F. The molecule has 0 amide bonds. The molecule has 0 aromatic heterocycles. The van der Waals surface area contributed by atoms with E-state index < -0.39 is 6.61 Å². The molecule has 21 heavy (non-hydrogen) atoms. The first-order valence-corrected chi connectivity index (χ1v) is 6.57. The van der Waals surface area contributed by atoms with Crippen molar-refractivity contribution in [1.29, 1.82) is 0 Å². The maximum absolute atomic E-state index is 12.3. The van der Waals surface area contributed by atoms with Crippen LogP contribution in [0.4, 0.5) is 8.78 Å². The summed E-state index contributed by atoms with van der Waals surface area (Å²) in [6, 6.07) is 4.84. The highest BCUT2D eigenvalue weighted by atomic mass is 19.3. The van der Waals surface area contributed by atoms with Crippen LogP contribution < -0.4 is 14.8 Å². The molecule has 0 radical (unpaired) electrons. The van der Waals surface area contributed by atoms with Crippen molar-refractivity contribution in [3.8, 4) is 11.5 Å². The average molecular weight is 305 g/mol. The number of alkyl halides is 2. The van der Waals surface area contributed by atoms with E-state index >= 15 is 0 Å². The molecule has 0 spiro atoms. The Morgan fingerprint density at radius 2 is 1.86 bits per heavy atom. The molecule has 7 heteroatoms. The predicted molar refractivity (Wildman–Crippen MR) is 73.8 cm³/mol. The van der Waals surface area contributed by atoms with Crippen LogP contribution in [0.1, 0.15) is 12.5 Å². The van der Waals surface area contributed by atoms with Gasteiger partial charge in [0.25, 0.3) is 0 Å². The number of hydrogen-bond acceptors (Lipinski definition) is 5. The lowest BCUT2D eigenvalue weighted by Gasteiger charge is -2.15. The average Bonchev–Trinajstić information content (AvgIpc) is 2.46. The van der Waals surface area contributed by atoms with Gasteiger partial charge in [-0.05, 0) is 24.6 Å². The number of hydrogen-bond donors (Lipinski definition) is 1. The highest BCUT2D eigenvalue weighted by molar-refractivity contribution is 5.43. The van der Waals surface area contributed by atoms with Crippen LogP contribution >= 0.6 is 0 Å². The molecule has 1 N–H and O–H groups in total. The molecule has 0 bridgehead atoms. The summed E-state index contributed by atoms with van der Waals surface area (Å²) in [5.74, 6) is 0.328. The summed E-state index contributed by atoms with van der Waals surface area (Å²) in [4.78, 5) is 0. The Kier molecular flexibility index (Phi) is 7.96. The smallest absolute Gasteiger partial charge is 0.387 e. The van der Waals surface area contributed by atoms with Crippen molar-refractivity contribution in [2.75, 3.05) is 27.4 Å². The van der Waals surface area contributed by atoms with Crippen molar-refractivity contribution < 1.29 is 27.7 Å². The van der Waals surface area contributed by atoms with Crippen LogP contribution in [0.15, 0.2) is 18.2 Å². The maximum Gasteiger partial charge on any atom is 0.387 e. The lowest BCUT2D eigenvalue weighted by atomic mass is 10.2. The van der Waals surface area contributed by atoms with Gasteiger partial charge in [-0.2, -0.15) is 8.78 Å². The van der Waals surface area contributed by atoms with Crippen LogP contribution in [0.3, 0.4) is 0 Å². The first-order valence-electron chi connectivity index (χ1n) is 6.57. The summed E-state index contributed by atoms with van der Waals surface area (Å²) >= 11 is 0. The number of methoxy groups -OCH3 is 2. The van der Waals surface area contributed by atoms with Crippen LogP contribution in [0, 0.1) is 0 Å². The predicted octanol–water partition coefficient (Wildman–Crippen LogP) is 2.40. The lowest BCUT2D eigenvalue weighted by Crippen LogP contribution is -2.29. The molecule has 0 heterocycles. The van der Waals surface area contributed by atoms with Crippen LogP contribution in [-0.2, 0) is 16.0 Å². The number of halogens is 2. The van der Waals surface area contributed by atoms with E-state index in [2.05, 4.69) is 10.1 Å². The topological polar surface area (TPSA) is 49.0 Å². The number of rotatable bonds is 10. The van der Waals surface area contributed by atoms with Crippen molar-refractivity contribution in [2.24, 2.45) is 0 Å². The molecule has 0 atom stereocenters. The molecule has 0 aliphatic heterocycles. The summed E-state index contributed by atoms with van der Waals surface area (Å²) in [6.45, 7) is 0.298. The normalized spacial score (nSPS) is 11.2. The minimum Gasteiger partial charge on any atom is -0.490 e. The molecule has 1 aromatic carbocycles. The van der Waals surface area contributed by atoms with Gasteiger partial charge in [-0.25, -0.2) is 0 Å². The van der Waals surface area contributed by atoms with Gasteiger partial charge >= 0.3 is 6.61 Å². The van der Waals surface area contributed by atoms with E-state index in [1.165, 1.54) is 6.07 Å². The Labute approximate surface area is 123 Å². The molecule has 0 fully saturated rings. The third-order valence-corrected chi connectivity index (χ3v) is 2.69. The molecule has 0 aliphatic rings. The van der Waals surface area contributed by atoms with Gasteiger partial charge < -0.3 is 24.3 Å². The molecule has 0 aliphatic carbocycles. The third kappa shape index (κ3) is 6.24. The van der Waals surface area contributed by atoms with Crippen molar-refractivity contribution in [3.05, 3.63) is 23.8 Å². The van der Waals surface area contributed by atoms with Gasteiger partial charge in [0.2, 0.25) is 0 Å². The van der Waals surface area contributed by atoms with E-state index in [1.54, 1.807) is 33.3 Å². The molecule has 0 saturated heterocycles. The molecule has 1 rings (SSSR count). The summed E-state index contributed by atoms with van der Waals surface area (Å²) in [5.41, 5.74) is 0.881. The standard InChI is InChI=1S/C14H21F2NO4/c1-4-20-12-7-10(5-6-11(12)21-14(15)16)8-17-9-13(18-2)19-3/h5-7,13-14,17H,4,8-9H2,1-3H3. The Morgan fingerprint density at radius 3 is 2.43 bits per heavy atom. The zero-order valence-corrected chi connectivity index (χ0v) is 12.4. The second-order valence-electron chi connectivity index (χ2n) is 4.12. The number of nitrogens with one attached hydrogen (secondary N) is 1. The summed E-state index contributed by atoms with van der Waals surface area (Å²) in [6.07, 6.45) is -0.335. The Morgan fingerprint density at radius 1 is 1.14 bits per heavy atom. The minimum atomic E-state index is -2.88. The third-order valence-electron chi connectivity index (χ3n) is 2.69. The zero-order valence-electron chi connectivity index (χ0n) is 12.4. The largest absolute Gasteiger partial charge is 0.490 e. The van der Waals surface area contributed by atoms with Gasteiger partial charge in [-0.15, -0.1) is 0 Å². The van der Waals surface area contributed by atoms with Gasteiger partial charge in [0.1, 0.15) is 0 Å². The van der Waals surface area contributed by atoms with Gasteiger partial charge in [0, 0.05) is 27.3 Å². The zero-order chi connectivity index (χ0) is 15.7. The van der Waals surface area contributed by atoms with Crippen LogP contribution in [0.25, 0.3) is 0 Å². The van der Waals surface area contributed by atoms with E-state index in [9.17, 15) is 8.78 Å². The van der Waals surface area contributed by atoms with Gasteiger partial charge in [0.15, 0.2) is 17.8 Å². The van der Waals surface area contributed by atoms with E-state index in [1.807, 2.05) is 0 Å². The van der Waals surface area contributed by atoms with E-state index in [0.29, 0.717) is 25.4 Å². The van der Waals surface area contributed by atoms with Gasteiger partial charge in [0.05, 0.1) is 6.61 Å². The summed E-state index contributed by atoms with van der Waals surface area (Å²) < 4.78 is 44.4. The molecular weight excluding hydrogens is 284 g/mol. The number of benzene rings is 1. The van der Waals surface area contributed by atoms with Gasteiger partial charge in [-0.1, -0.05) is 6.07 Å². The van der Waals surface area contributed by atoms with E-state index in [-0.39, 0.29) is 12.0 Å². The van der Waals surface area contributed by atoms with Crippen molar-refractivity contribution in [2.45, 2.75) is 26.4 Å². The van der Waals surface area contributed by atoms with Crippen LogP contribution in [-0.4, -0.2) is 40.3 Å². The fraction of sp³-hybridized carbons (Fsp3) is 0.571. The molecule has 5 nitrogen and oxygen atoms in total. The Bertz CT molecular complexity index is 414. The van der Waals surface area contributed by atoms with Crippen molar-refractivity contribution >= 4 is 0 Å². The van der Waals surface area contributed by atoms with Crippen molar-refractivity contribution in [3.63, 3.8) is 0 Å². The van der Waals surface area contributed by atoms with Crippen LogP contribution in [0.2, 0.25) is 0 Å². The minimum absolute atomic E-state index is 0.0299. The summed E-state index contributed by atoms with van der Waals surface area (Å²) in [5, 5.41) is 3.14. The fourth-order valence-electron chi connectivity index (χ4n) is 1.72. The van der Waals surface area contributed by atoms with E-state index in [0.717, 1.165) is 5.56 Å². The van der Waals surface area contributed by atoms with Crippen LogP contribution in [0.5, 0.6) is 11.5 Å². The van der Waals surface area contributed by atoms with E-state index in [4.69, 9.17) is 14.2 Å². The highest BCUT2D eigenvalue weighted by Gasteiger charge is 2.12. The van der Waals surface area contributed by atoms with Crippen molar-refractivity contribution in [1.82, 2.24) is 5.32 Å². The van der Waals surface area contributed by atoms with Gasteiger partial charge in [-0.3, -0.25) is 0 Å². The summed E-state index contributed by atoms with van der Waals surface area (Å²) in [7, 11) is 3.11. The first kappa shape index (κ1) is 17.6. The highest BCUT2D eigenvalue weighted by Crippen LogP contribution is 2.29. The molecule has 0 saturated carbocycles. The molecule has 0 unspecified atom stereocenters. The quantitative estimate of drug-likeness (QED) is 0.673. The second kappa shape index (κ2) is 9.49. The molecule has 1 aromatic rings. The Hall–Kier alpha value is -1.44. The first-order chi connectivity index (χ1) is 10.1. The fourth-order valence-corrected chi connectivity index (χ4v) is 1.72. The second-order valence-corrected chi connectivity index (χ2v) is 4.12. The monoisotopic (exact) mass is 305 g/mol. The number of ether oxygens (including phenoxy) is 4. The maximum atomic E-state index is 12.3. The Balaban J connectivity index is 2.64.